The Kier molecular flexibility index (Phi) is 4.62. The van der Waals surface area contributed by atoms with Gasteiger partial charge < -0.3 is 0 Å². The highest BCUT2D eigenvalue weighted by Gasteiger charge is 2.27. The Balaban J connectivity index is 2.33. The molecule has 1 aliphatic carbocycles. The number of sulfonamides is 1. The van der Waals surface area contributed by atoms with Gasteiger partial charge in [-0.25, -0.2) is 13.1 Å². The maximum atomic E-state index is 11.7. The van der Waals surface area contributed by atoms with Crippen LogP contribution in [-0.4, -0.2) is 20.2 Å². The van der Waals surface area contributed by atoms with Crippen molar-refractivity contribution in [3.8, 4) is 0 Å². The second kappa shape index (κ2) is 5.51. The third-order valence-electron chi connectivity index (χ3n) is 2.59. The highest BCUT2D eigenvalue weighted by Crippen LogP contribution is 2.23. The summed E-state index contributed by atoms with van der Waals surface area (Å²) in [5, 5.41) is -0.131. The van der Waals surface area contributed by atoms with Gasteiger partial charge in [-0.1, -0.05) is 25.0 Å². The summed E-state index contributed by atoms with van der Waals surface area (Å²) in [4.78, 5) is 0. The van der Waals surface area contributed by atoms with Crippen molar-refractivity contribution < 1.29 is 8.42 Å². The van der Waals surface area contributed by atoms with Crippen LogP contribution in [0.3, 0.4) is 0 Å². The molecule has 0 atom stereocenters. The van der Waals surface area contributed by atoms with Gasteiger partial charge in [-0.2, -0.15) is 0 Å². The van der Waals surface area contributed by atoms with E-state index in [4.69, 9.17) is 0 Å². The molecule has 1 rings (SSSR count). The summed E-state index contributed by atoms with van der Waals surface area (Å²) in [7, 11) is -3.02. The molecule has 1 N–H and O–H groups in total. The molecule has 0 saturated heterocycles. The SMILES string of the molecule is C/C=C/CCNS(=O)(=O)C1CCCC1. The average Bonchev–Trinajstić information content (AvgIpc) is 2.65. The van der Waals surface area contributed by atoms with Crippen molar-refractivity contribution in [3.05, 3.63) is 12.2 Å². The molecule has 1 fully saturated rings. The van der Waals surface area contributed by atoms with Crippen molar-refractivity contribution in [1.29, 1.82) is 0 Å². The number of allylic oxidation sites excluding steroid dienone is 1. The zero-order valence-corrected chi connectivity index (χ0v) is 9.52. The second-order valence-corrected chi connectivity index (χ2v) is 5.75. The molecule has 1 aliphatic rings. The zero-order valence-electron chi connectivity index (χ0n) is 8.70. The van der Waals surface area contributed by atoms with Crippen molar-refractivity contribution in [1.82, 2.24) is 4.72 Å². The summed E-state index contributed by atoms with van der Waals surface area (Å²) >= 11 is 0. The van der Waals surface area contributed by atoms with Crippen LogP contribution in [-0.2, 0) is 10.0 Å². The minimum absolute atomic E-state index is 0.131. The molecule has 0 aromatic rings. The maximum absolute atomic E-state index is 11.7. The fourth-order valence-electron chi connectivity index (χ4n) is 1.77. The summed E-state index contributed by atoms with van der Waals surface area (Å²) in [6, 6.07) is 0. The Morgan fingerprint density at radius 2 is 2.00 bits per heavy atom. The summed E-state index contributed by atoms with van der Waals surface area (Å²) in [6.07, 6.45) is 8.46. The first-order valence-electron chi connectivity index (χ1n) is 5.26. The Morgan fingerprint density at radius 3 is 2.57 bits per heavy atom. The topological polar surface area (TPSA) is 46.2 Å². The highest BCUT2D eigenvalue weighted by molar-refractivity contribution is 7.90. The standard InChI is InChI=1S/C10H19NO2S/c1-2-3-6-9-11-14(12,13)10-7-4-5-8-10/h2-3,10-11H,4-9H2,1H3/b3-2+. The van der Waals surface area contributed by atoms with E-state index >= 15 is 0 Å². The fourth-order valence-corrected chi connectivity index (χ4v) is 3.36. The molecule has 14 heavy (non-hydrogen) atoms. The van der Waals surface area contributed by atoms with Crippen LogP contribution < -0.4 is 4.72 Å². The van der Waals surface area contributed by atoms with Crippen LogP contribution >= 0.6 is 0 Å². The van der Waals surface area contributed by atoms with E-state index in [2.05, 4.69) is 4.72 Å². The third-order valence-corrected chi connectivity index (χ3v) is 4.55. The molecule has 0 bridgehead atoms. The van der Waals surface area contributed by atoms with Crippen LogP contribution in [0.1, 0.15) is 39.0 Å². The van der Waals surface area contributed by atoms with E-state index in [1.807, 2.05) is 19.1 Å². The van der Waals surface area contributed by atoms with Gasteiger partial charge in [-0.05, 0) is 26.2 Å². The van der Waals surface area contributed by atoms with Crippen LogP contribution in [0.15, 0.2) is 12.2 Å². The smallest absolute Gasteiger partial charge is 0.214 e. The van der Waals surface area contributed by atoms with Gasteiger partial charge in [0.2, 0.25) is 10.0 Å². The van der Waals surface area contributed by atoms with Gasteiger partial charge in [0.25, 0.3) is 0 Å². The lowest BCUT2D eigenvalue weighted by molar-refractivity contribution is 0.565. The minimum Gasteiger partial charge on any atom is -0.215 e. The van der Waals surface area contributed by atoms with Gasteiger partial charge in [0.1, 0.15) is 0 Å². The van der Waals surface area contributed by atoms with Crippen LogP contribution in [0.2, 0.25) is 0 Å². The summed E-state index contributed by atoms with van der Waals surface area (Å²) in [5.74, 6) is 0. The molecule has 0 radical (unpaired) electrons. The predicted molar refractivity (Wildman–Crippen MR) is 58.6 cm³/mol. The van der Waals surface area contributed by atoms with E-state index in [1.165, 1.54) is 0 Å². The molecule has 1 saturated carbocycles. The summed E-state index contributed by atoms with van der Waals surface area (Å²) < 4.78 is 26.0. The number of hydrogen-bond donors (Lipinski definition) is 1. The van der Waals surface area contributed by atoms with Gasteiger partial charge in [0.05, 0.1) is 5.25 Å². The number of hydrogen-bond acceptors (Lipinski definition) is 2. The van der Waals surface area contributed by atoms with E-state index < -0.39 is 10.0 Å². The molecular formula is C10H19NO2S. The lowest BCUT2D eigenvalue weighted by Crippen LogP contribution is -2.33. The molecule has 0 unspecified atom stereocenters. The monoisotopic (exact) mass is 217 g/mol. The van der Waals surface area contributed by atoms with E-state index in [0.29, 0.717) is 6.54 Å². The Morgan fingerprint density at radius 1 is 1.36 bits per heavy atom. The normalized spacial score (nSPS) is 19.5. The van der Waals surface area contributed by atoms with Crippen molar-refractivity contribution in [2.75, 3.05) is 6.54 Å². The Labute approximate surface area is 86.6 Å². The van der Waals surface area contributed by atoms with E-state index in [9.17, 15) is 8.42 Å². The minimum atomic E-state index is -3.02. The lowest BCUT2D eigenvalue weighted by atomic mass is 10.4. The first-order chi connectivity index (χ1) is 6.67. The molecule has 0 aliphatic heterocycles. The van der Waals surface area contributed by atoms with Crippen LogP contribution in [0.25, 0.3) is 0 Å². The maximum Gasteiger partial charge on any atom is 0.214 e. The van der Waals surface area contributed by atoms with E-state index in [0.717, 1.165) is 32.1 Å². The summed E-state index contributed by atoms with van der Waals surface area (Å²) in [5.41, 5.74) is 0. The molecule has 0 heterocycles. The molecule has 82 valence electrons. The van der Waals surface area contributed by atoms with Crippen molar-refractivity contribution in [2.24, 2.45) is 0 Å². The molecule has 4 heteroatoms. The fraction of sp³-hybridized carbons (Fsp3) is 0.800. The molecule has 0 amide bonds. The zero-order chi connectivity index (χ0) is 10.4. The van der Waals surface area contributed by atoms with Gasteiger partial charge >= 0.3 is 0 Å². The number of rotatable bonds is 5. The van der Waals surface area contributed by atoms with Crippen LogP contribution in [0, 0.1) is 0 Å². The van der Waals surface area contributed by atoms with Gasteiger partial charge in [0.15, 0.2) is 0 Å². The van der Waals surface area contributed by atoms with Crippen LogP contribution in [0.4, 0.5) is 0 Å². The number of nitrogens with one attached hydrogen (secondary N) is 1. The average molecular weight is 217 g/mol. The Hall–Kier alpha value is -0.350. The van der Waals surface area contributed by atoms with E-state index in [1.54, 1.807) is 0 Å². The van der Waals surface area contributed by atoms with Crippen molar-refractivity contribution in [3.63, 3.8) is 0 Å². The largest absolute Gasteiger partial charge is 0.215 e. The lowest BCUT2D eigenvalue weighted by Gasteiger charge is -2.11. The second-order valence-electron chi connectivity index (χ2n) is 3.70. The van der Waals surface area contributed by atoms with Crippen LogP contribution in [0.5, 0.6) is 0 Å². The van der Waals surface area contributed by atoms with E-state index in [-0.39, 0.29) is 5.25 Å². The van der Waals surface area contributed by atoms with Gasteiger partial charge in [-0.3, -0.25) is 0 Å². The summed E-state index contributed by atoms with van der Waals surface area (Å²) in [6.45, 7) is 2.47. The predicted octanol–water partition coefficient (Wildman–Crippen LogP) is 1.81. The first kappa shape index (κ1) is 11.7. The molecule has 0 aromatic carbocycles. The molecule has 3 nitrogen and oxygen atoms in total. The first-order valence-corrected chi connectivity index (χ1v) is 6.81. The Bertz CT molecular complexity index is 276. The van der Waals surface area contributed by atoms with Gasteiger partial charge in [-0.15, -0.1) is 0 Å². The van der Waals surface area contributed by atoms with Gasteiger partial charge in [0, 0.05) is 6.54 Å². The quantitative estimate of drug-likeness (QED) is 0.564. The van der Waals surface area contributed by atoms with Crippen molar-refractivity contribution in [2.45, 2.75) is 44.3 Å². The molecule has 0 aromatic heterocycles. The molecular weight excluding hydrogens is 198 g/mol. The third kappa shape index (κ3) is 3.42. The highest BCUT2D eigenvalue weighted by atomic mass is 32.2. The van der Waals surface area contributed by atoms with Crippen molar-refractivity contribution >= 4 is 10.0 Å². The molecule has 0 spiro atoms.